The number of aromatic nitrogens is 1. The first kappa shape index (κ1) is 14.3. The second-order valence-electron chi connectivity index (χ2n) is 6.07. The monoisotopic (exact) mass is 262 g/mol. The molecule has 0 radical (unpaired) electrons. The molecule has 3 unspecified atom stereocenters. The predicted molar refractivity (Wildman–Crippen MR) is 78.3 cm³/mol. The maximum Gasteiger partial charge on any atom is 0.138 e. The van der Waals surface area contributed by atoms with Crippen molar-refractivity contribution in [3.05, 3.63) is 24.0 Å². The molecule has 1 aromatic rings. The summed E-state index contributed by atoms with van der Waals surface area (Å²) >= 11 is 0. The van der Waals surface area contributed by atoms with Crippen LogP contribution < -0.4 is 10.1 Å². The van der Waals surface area contributed by atoms with E-state index in [1.54, 1.807) is 6.20 Å². The SMILES string of the molecule is CNC(c1cncc(OC(C)C)c1)C1CCC(C)C1. The van der Waals surface area contributed by atoms with E-state index in [9.17, 15) is 0 Å². The van der Waals surface area contributed by atoms with E-state index in [1.165, 1.54) is 24.8 Å². The second kappa shape index (κ2) is 6.38. The molecular weight excluding hydrogens is 236 g/mol. The van der Waals surface area contributed by atoms with Crippen molar-refractivity contribution in [2.24, 2.45) is 11.8 Å². The van der Waals surface area contributed by atoms with Crippen LogP contribution in [0, 0.1) is 11.8 Å². The van der Waals surface area contributed by atoms with Crippen LogP contribution in [0.15, 0.2) is 18.5 Å². The highest BCUT2D eigenvalue weighted by atomic mass is 16.5. The van der Waals surface area contributed by atoms with Crippen LogP contribution in [-0.4, -0.2) is 18.1 Å². The number of hydrogen-bond acceptors (Lipinski definition) is 3. The molecule has 19 heavy (non-hydrogen) atoms. The third-order valence-electron chi connectivity index (χ3n) is 3.98. The molecule has 1 N–H and O–H groups in total. The molecule has 1 aliphatic rings. The molecule has 1 saturated carbocycles. The number of ether oxygens (including phenoxy) is 1. The van der Waals surface area contributed by atoms with Gasteiger partial charge in [-0.15, -0.1) is 0 Å². The summed E-state index contributed by atoms with van der Waals surface area (Å²) in [6, 6.07) is 2.53. The molecule has 3 atom stereocenters. The molecule has 1 fully saturated rings. The maximum absolute atomic E-state index is 5.74. The fourth-order valence-electron chi connectivity index (χ4n) is 3.17. The number of rotatable bonds is 5. The lowest BCUT2D eigenvalue weighted by Crippen LogP contribution is -2.24. The highest BCUT2D eigenvalue weighted by Crippen LogP contribution is 2.39. The Morgan fingerprint density at radius 3 is 2.68 bits per heavy atom. The van der Waals surface area contributed by atoms with Crippen LogP contribution in [0.2, 0.25) is 0 Å². The van der Waals surface area contributed by atoms with E-state index in [0.29, 0.717) is 6.04 Å². The van der Waals surface area contributed by atoms with Crippen molar-refractivity contribution >= 4 is 0 Å². The summed E-state index contributed by atoms with van der Waals surface area (Å²) in [6.45, 7) is 6.44. The lowest BCUT2D eigenvalue weighted by molar-refractivity contribution is 0.240. The molecule has 0 amide bonds. The van der Waals surface area contributed by atoms with Crippen LogP contribution in [0.3, 0.4) is 0 Å². The van der Waals surface area contributed by atoms with E-state index in [4.69, 9.17) is 4.74 Å². The molecule has 0 aliphatic heterocycles. The van der Waals surface area contributed by atoms with Crippen LogP contribution in [-0.2, 0) is 0 Å². The van der Waals surface area contributed by atoms with Crippen LogP contribution in [0.4, 0.5) is 0 Å². The first-order valence-corrected chi connectivity index (χ1v) is 7.39. The fourth-order valence-corrected chi connectivity index (χ4v) is 3.17. The molecule has 3 nitrogen and oxygen atoms in total. The molecule has 1 heterocycles. The quantitative estimate of drug-likeness (QED) is 0.881. The Labute approximate surface area is 116 Å². The smallest absolute Gasteiger partial charge is 0.138 e. The zero-order chi connectivity index (χ0) is 13.8. The summed E-state index contributed by atoms with van der Waals surface area (Å²) in [5, 5.41) is 3.47. The predicted octanol–water partition coefficient (Wildman–Crippen LogP) is 3.57. The number of pyridine rings is 1. The fraction of sp³-hybridized carbons (Fsp3) is 0.688. The zero-order valence-corrected chi connectivity index (χ0v) is 12.5. The zero-order valence-electron chi connectivity index (χ0n) is 12.5. The van der Waals surface area contributed by atoms with Gasteiger partial charge in [-0.3, -0.25) is 4.98 Å². The van der Waals surface area contributed by atoms with Crippen LogP contribution in [0.25, 0.3) is 0 Å². The van der Waals surface area contributed by atoms with Gasteiger partial charge in [0, 0.05) is 12.2 Å². The lowest BCUT2D eigenvalue weighted by atomic mass is 9.92. The van der Waals surface area contributed by atoms with Gasteiger partial charge in [0.15, 0.2) is 0 Å². The summed E-state index contributed by atoms with van der Waals surface area (Å²) in [5.41, 5.74) is 1.25. The summed E-state index contributed by atoms with van der Waals surface area (Å²) in [5.74, 6) is 2.44. The highest BCUT2D eigenvalue weighted by Gasteiger charge is 2.29. The van der Waals surface area contributed by atoms with Crippen molar-refractivity contribution in [3.8, 4) is 5.75 Å². The van der Waals surface area contributed by atoms with Crippen molar-refractivity contribution < 1.29 is 4.74 Å². The molecule has 3 heteroatoms. The molecule has 106 valence electrons. The summed E-state index contributed by atoms with van der Waals surface area (Å²) < 4.78 is 5.74. The van der Waals surface area contributed by atoms with Gasteiger partial charge in [0.25, 0.3) is 0 Å². The van der Waals surface area contributed by atoms with Crippen molar-refractivity contribution in [1.29, 1.82) is 0 Å². The van der Waals surface area contributed by atoms with Gasteiger partial charge in [0.1, 0.15) is 5.75 Å². The summed E-state index contributed by atoms with van der Waals surface area (Å²) in [4.78, 5) is 4.33. The van der Waals surface area contributed by atoms with Gasteiger partial charge >= 0.3 is 0 Å². The summed E-state index contributed by atoms with van der Waals surface area (Å²) in [6.07, 6.45) is 7.92. The Hall–Kier alpha value is -1.09. The lowest BCUT2D eigenvalue weighted by Gasteiger charge is -2.24. The van der Waals surface area contributed by atoms with Crippen LogP contribution >= 0.6 is 0 Å². The molecule has 0 aromatic carbocycles. The minimum Gasteiger partial charge on any atom is -0.489 e. The van der Waals surface area contributed by atoms with E-state index in [-0.39, 0.29) is 6.10 Å². The van der Waals surface area contributed by atoms with Crippen molar-refractivity contribution in [3.63, 3.8) is 0 Å². The van der Waals surface area contributed by atoms with Gasteiger partial charge < -0.3 is 10.1 Å². The third-order valence-corrected chi connectivity index (χ3v) is 3.98. The Bertz CT molecular complexity index is 405. The molecule has 2 rings (SSSR count). The van der Waals surface area contributed by atoms with Crippen molar-refractivity contribution in [2.75, 3.05) is 7.05 Å². The molecule has 0 bridgehead atoms. The number of nitrogens with one attached hydrogen (secondary N) is 1. The first-order valence-electron chi connectivity index (χ1n) is 7.39. The average Bonchev–Trinajstić information content (AvgIpc) is 2.76. The van der Waals surface area contributed by atoms with Gasteiger partial charge in [-0.25, -0.2) is 0 Å². The maximum atomic E-state index is 5.74. The Balaban J connectivity index is 2.13. The van der Waals surface area contributed by atoms with Crippen molar-refractivity contribution in [1.82, 2.24) is 10.3 Å². The Morgan fingerprint density at radius 1 is 1.32 bits per heavy atom. The topological polar surface area (TPSA) is 34.2 Å². The largest absolute Gasteiger partial charge is 0.489 e. The Morgan fingerprint density at radius 2 is 2.11 bits per heavy atom. The highest BCUT2D eigenvalue weighted by molar-refractivity contribution is 5.27. The van der Waals surface area contributed by atoms with E-state index < -0.39 is 0 Å². The molecule has 1 aliphatic carbocycles. The third kappa shape index (κ3) is 3.69. The summed E-state index contributed by atoms with van der Waals surface area (Å²) in [7, 11) is 2.05. The van der Waals surface area contributed by atoms with Gasteiger partial charge in [0.05, 0.1) is 12.3 Å². The van der Waals surface area contributed by atoms with Crippen molar-refractivity contribution in [2.45, 2.75) is 52.2 Å². The van der Waals surface area contributed by atoms with E-state index in [0.717, 1.165) is 17.6 Å². The van der Waals surface area contributed by atoms with Gasteiger partial charge in [-0.05, 0) is 57.2 Å². The average molecular weight is 262 g/mol. The first-order chi connectivity index (χ1) is 9.10. The minimum atomic E-state index is 0.191. The second-order valence-corrected chi connectivity index (χ2v) is 6.07. The number of nitrogens with zero attached hydrogens (tertiary/aromatic N) is 1. The minimum absolute atomic E-state index is 0.191. The van der Waals surface area contributed by atoms with Gasteiger partial charge in [-0.2, -0.15) is 0 Å². The van der Waals surface area contributed by atoms with E-state index in [2.05, 4.69) is 23.3 Å². The van der Waals surface area contributed by atoms with E-state index in [1.807, 2.05) is 27.1 Å². The Kier molecular flexibility index (Phi) is 4.81. The van der Waals surface area contributed by atoms with Gasteiger partial charge in [0.2, 0.25) is 0 Å². The molecule has 1 aromatic heterocycles. The van der Waals surface area contributed by atoms with Crippen LogP contribution in [0.1, 0.15) is 51.6 Å². The van der Waals surface area contributed by atoms with Gasteiger partial charge in [-0.1, -0.05) is 13.3 Å². The molecule has 0 saturated heterocycles. The molecule has 0 spiro atoms. The normalized spacial score (nSPS) is 24.7. The van der Waals surface area contributed by atoms with Crippen LogP contribution in [0.5, 0.6) is 5.75 Å². The standard InChI is InChI=1S/C16H26N2O/c1-11(2)19-15-8-14(9-18-10-15)16(17-4)13-6-5-12(3)7-13/h8-13,16-17H,5-7H2,1-4H3. The molecular formula is C16H26N2O. The van der Waals surface area contributed by atoms with E-state index >= 15 is 0 Å². The number of hydrogen-bond donors (Lipinski definition) is 1.